The normalized spacial score (nSPS) is 9.73. The first-order valence-corrected chi connectivity index (χ1v) is 4.95. The Balaban J connectivity index is 0.000000336. The van der Waals surface area contributed by atoms with Gasteiger partial charge in [0, 0.05) is 0 Å². The van der Waals surface area contributed by atoms with E-state index in [1.165, 1.54) is 0 Å². The summed E-state index contributed by atoms with van der Waals surface area (Å²) in [6.45, 7) is 1.94. The Labute approximate surface area is 90.5 Å². The number of rotatable bonds is 3. The lowest BCUT2D eigenvalue weighted by atomic mass is 10.1. The quantitative estimate of drug-likeness (QED) is 0.543. The molecule has 0 saturated heterocycles. The molecular formula is C11H20N2O2. The largest absolute Gasteiger partial charge is 0.392 e. The minimum absolute atomic E-state index is 0.00324. The lowest BCUT2D eigenvalue weighted by Crippen LogP contribution is -2.28. The molecule has 0 aliphatic rings. The highest BCUT2D eigenvalue weighted by atomic mass is 16.3. The second kappa shape index (κ2) is 8.38. The van der Waals surface area contributed by atoms with E-state index < -0.39 is 0 Å². The Bertz CT molecular complexity index is 242. The molecule has 0 amide bonds. The van der Waals surface area contributed by atoms with Gasteiger partial charge in [-0.05, 0) is 17.5 Å². The van der Waals surface area contributed by atoms with Crippen molar-refractivity contribution in [2.24, 2.45) is 11.5 Å². The van der Waals surface area contributed by atoms with E-state index in [4.69, 9.17) is 21.7 Å². The molecule has 0 unspecified atom stereocenters. The number of aliphatic hydroxyl groups is 2. The summed E-state index contributed by atoms with van der Waals surface area (Å²) in [6, 6.07) is 7.27. The molecule has 0 fully saturated rings. The second-order valence-electron chi connectivity index (χ2n) is 3.16. The van der Waals surface area contributed by atoms with Gasteiger partial charge in [-0.3, -0.25) is 0 Å². The molecule has 0 spiro atoms. The topological polar surface area (TPSA) is 92.5 Å². The van der Waals surface area contributed by atoms with Crippen molar-refractivity contribution in [3.8, 4) is 0 Å². The molecule has 0 aromatic heterocycles. The van der Waals surface area contributed by atoms with E-state index in [1.54, 1.807) is 12.1 Å². The molecule has 0 heterocycles. The smallest absolute Gasteiger partial charge is 0.0685 e. The van der Waals surface area contributed by atoms with Gasteiger partial charge in [0.05, 0.1) is 19.4 Å². The zero-order valence-corrected chi connectivity index (χ0v) is 9.06. The molecule has 0 aliphatic carbocycles. The summed E-state index contributed by atoms with van der Waals surface area (Å²) in [6.07, 6.45) is 0.745. The monoisotopic (exact) mass is 212 g/mol. The highest BCUT2D eigenvalue weighted by Gasteiger charge is 1.95. The summed E-state index contributed by atoms with van der Waals surface area (Å²) in [5.74, 6) is 0. The SMILES string of the molecule is CCC(N)N.OCc1ccccc1CO. The fourth-order valence-electron chi connectivity index (χ4n) is 0.866. The lowest BCUT2D eigenvalue weighted by molar-refractivity contribution is 0.260. The molecule has 6 N–H and O–H groups in total. The number of benzene rings is 1. The van der Waals surface area contributed by atoms with Crippen LogP contribution < -0.4 is 11.5 Å². The highest BCUT2D eigenvalue weighted by molar-refractivity contribution is 5.25. The van der Waals surface area contributed by atoms with Crippen LogP contribution in [0.15, 0.2) is 24.3 Å². The van der Waals surface area contributed by atoms with E-state index in [0.29, 0.717) is 0 Å². The van der Waals surface area contributed by atoms with Gasteiger partial charge in [-0.1, -0.05) is 31.2 Å². The fraction of sp³-hybridized carbons (Fsp3) is 0.455. The van der Waals surface area contributed by atoms with E-state index in [1.807, 2.05) is 19.1 Å². The lowest BCUT2D eigenvalue weighted by Gasteiger charge is -2.01. The maximum Gasteiger partial charge on any atom is 0.0685 e. The predicted molar refractivity (Wildman–Crippen MR) is 60.7 cm³/mol. The first-order chi connectivity index (χ1) is 7.15. The van der Waals surface area contributed by atoms with E-state index in [2.05, 4.69) is 0 Å². The Hall–Kier alpha value is -0.940. The average molecular weight is 212 g/mol. The number of hydrogen-bond acceptors (Lipinski definition) is 4. The van der Waals surface area contributed by atoms with Gasteiger partial charge in [0.15, 0.2) is 0 Å². The van der Waals surface area contributed by atoms with Crippen molar-refractivity contribution in [3.05, 3.63) is 35.4 Å². The van der Waals surface area contributed by atoms with Gasteiger partial charge in [0.25, 0.3) is 0 Å². The van der Waals surface area contributed by atoms with Crippen molar-refractivity contribution < 1.29 is 10.2 Å². The Morgan fingerprint density at radius 2 is 1.40 bits per heavy atom. The number of hydrogen-bond donors (Lipinski definition) is 4. The average Bonchev–Trinajstić information content (AvgIpc) is 2.29. The zero-order valence-electron chi connectivity index (χ0n) is 9.06. The third-order valence-electron chi connectivity index (χ3n) is 1.93. The molecule has 4 heteroatoms. The van der Waals surface area contributed by atoms with E-state index in [0.717, 1.165) is 17.5 Å². The van der Waals surface area contributed by atoms with Crippen LogP contribution in [0.5, 0.6) is 0 Å². The molecule has 86 valence electrons. The highest BCUT2D eigenvalue weighted by Crippen LogP contribution is 2.07. The first-order valence-electron chi connectivity index (χ1n) is 4.95. The van der Waals surface area contributed by atoms with Crippen LogP contribution in [-0.4, -0.2) is 16.4 Å². The maximum atomic E-state index is 8.74. The van der Waals surface area contributed by atoms with Crippen molar-refractivity contribution in [2.75, 3.05) is 0 Å². The molecule has 0 saturated carbocycles. The van der Waals surface area contributed by atoms with Crippen LogP contribution in [0.4, 0.5) is 0 Å². The summed E-state index contributed by atoms with van der Waals surface area (Å²) < 4.78 is 0. The Morgan fingerprint density at radius 1 is 1.07 bits per heavy atom. The summed E-state index contributed by atoms with van der Waals surface area (Å²) in [4.78, 5) is 0. The van der Waals surface area contributed by atoms with Gasteiger partial charge < -0.3 is 21.7 Å². The molecule has 15 heavy (non-hydrogen) atoms. The molecule has 0 aliphatic heterocycles. The maximum absolute atomic E-state index is 8.74. The van der Waals surface area contributed by atoms with Crippen LogP contribution >= 0.6 is 0 Å². The van der Waals surface area contributed by atoms with Gasteiger partial charge in [-0.15, -0.1) is 0 Å². The fourth-order valence-corrected chi connectivity index (χ4v) is 0.866. The van der Waals surface area contributed by atoms with Crippen molar-refractivity contribution >= 4 is 0 Å². The summed E-state index contributed by atoms with van der Waals surface area (Å²) in [5.41, 5.74) is 11.7. The van der Waals surface area contributed by atoms with Crippen molar-refractivity contribution in [1.82, 2.24) is 0 Å². The van der Waals surface area contributed by atoms with Crippen LogP contribution in [0, 0.1) is 0 Å². The van der Waals surface area contributed by atoms with Gasteiger partial charge in [-0.2, -0.15) is 0 Å². The summed E-state index contributed by atoms with van der Waals surface area (Å²) in [7, 11) is 0. The first kappa shape index (κ1) is 14.1. The van der Waals surface area contributed by atoms with Crippen LogP contribution in [0.3, 0.4) is 0 Å². The van der Waals surface area contributed by atoms with Crippen LogP contribution in [0.25, 0.3) is 0 Å². The van der Waals surface area contributed by atoms with Gasteiger partial charge in [-0.25, -0.2) is 0 Å². The molecule has 1 aromatic carbocycles. The number of nitrogens with two attached hydrogens (primary N) is 2. The minimum atomic E-state index is -0.116. The molecule has 0 atom stereocenters. The second-order valence-corrected chi connectivity index (χ2v) is 3.16. The van der Waals surface area contributed by atoms with E-state index in [9.17, 15) is 0 Å². The summed E-state index contributed by atoms with van der Waals surface area (Å²) in [5, 5.41) is 17.5. The van der Waals surface area contributed by atoms with E-state index in [-0.39, 0.29) is 19.4 Å². The van der Waals surface area contributed by atoms with Gasteiger partial charge in [0.1, 0.15) is 0 Å². The molecule has 4 nitrogen and oxygen atoms in total. The number of aliphatic hydroxyl groups excluding tert-OH is 2. The van der Waals surface area contributed by atoms with Crippen LogP contribution in [-0.2, 0) is 13.2 Å². The zero-order chi connectivity index (χ0) is 11.7. The molecule has 1 rings (SSSR count). The van der Waals surface area contributed by atoms with Gasteiger partial charge in [0.2, 0.25) is 0 Å². The van der Waals surface area contributed by atoms with Crippen molar-refractivity contribution in [3.63, 3.8) is 0 Å². The van der Waals surface area contributed by atoms with Gasteiger partial charge >= 0.3 is 0 Å². The van der Waals surface area contributed by atoms with Crippen LogP contribution in [0.1, 0.15) is 24.5 Å². The summed E-state index contributed by atoms with van der Waals surface area (Å²) >= 11 is 0. The molecule has 1 aromatic rings. The third kappa shape index (κ3) is 6.19. The van der Waals surface area contributed by atoms with Crippen LogP contribution in [0.2, 0.25) is 0 Å². The van der Waals surface area contributed by atoms with E-state index >= 15 is 0 Å². The van der Waals surface area contributed by atoms with Crippen molar-refractivity contribution in [1.29, 1.82) is 0 Å². The molecule has 0 radical (unpaired) electrons. The Morgan fingerprint density at radius 3 is 1.60 bits per heavy atom. The minimum Gasteiger partial charge on any atom is -0.392 e. The van der Waals surface area contributed by atoms with Crippen molar-refractivity contribution in [2.45, 2.75) is 32.7 Å². The predicted octanol–water partition coefficient (Wildman–Crippen LogP) is 0.311. The Kier molecular flexibility index (Phi) is 7.85. The standard InChI is InChI=1S/C8H10O2.C3H10N2/c9-5-7-3-1-2-4-8(7)6-10;1-2-3(4)5/h1-4,9-10H,5-6H2;3H,2,4-5H2,1H3. The molecule has 0 bridgehead atoms. The third-order valence-corrected chi connectivity index (χ3v) is 1.93. The molecular weight excluding hydrogens is 192 g/mol.